The van der Waals surface area contributed by atoms with Gasteiger partial charge in [0.25, 0.3) is 5.69 Å². The van der Waals surface area contributed by atoms with E-state index in [1.54, 1.807) is 0 Å². The SMILES string of the molecule is [B]c1cc([N+](=O)[O-])c(N)cc1SC#N. The normalized spacial score (nSPS) is 9.36. The number of nitro benzene ring substituents is 1. The van der Waals surface area contributed by atoms with E-state index >= 15 is 0 Å². The highest BCUT2D eigenvalue weighted by Gasteiger charge is 2.13. The zero-order valence-electron chi connectivity index (χ0n) is 6.93. The Bertz CT molecular complexity index is 430. The van der Waals surface area contributed by atoms with Crippen molar-refractivity contribution in [2.24, 2.45) is 0 Å². The van der Waals surface area contributed by atoms with E-state index in [9.17, 15) is 10.1 Å². The minimum absolute atomic E-state index is 0.00181. The molecule has 0 amide bonds. The van der Waals surface area contributed by atoms with Crippen molar-refractivity contribution in [3.05, 3.63) is 22.2 Å². The fourth-order valence-electron chi connectivity index (χ4n) is 0.896. The number of nitriles is 1. The van der Waals surface area contributed by atoms with E-state index < -0.39 is 4.92 Å². The second kappa shape index (κ2) is 4.02. The molecule has 1 aromatic carbocycles. The topological polar surface area (TPSA) is 92.9 Å². The molecule has 0 aliphatic carbocycles. The fourth-order valence-corrected chi connectivity index (χ4v) is 1.36. The first kappa shape index (κ1) is 10.4. The molecule has 0 heterocycles. The largest absolute Gasteiger partial charge is 0.393 e. The van der Waals surface area contributed by atoms with E-state index in [0.29, 0.717) is 4.90 Å². The van der Waals surface area contributed by atoms with Crippen molar-refractivity contribution >= 4 is 36.4 Å². The highest BCUT2D eigenvalue weighted by Crippen LogP contribution is 2.25. The molecular weight excluding hydrogens is 201 g/mol. The molecular formula is C7H4BN3O2S. The molecule has 0 saturated carbocycles. The van der Waals surface area contributed by atoms with Crippen LogP contribution in [-0.4, -0.2) is 12.8 Å². The van der Waals surface area contributed by atoms with Crippen LogP contribution in [0, 0.1) is 20.8 Å². The summed E-state index contributed by atoms with van der Waals surface area (Å²) in [4.78, 5) is 10.2. The summed E-state index contributed by atoms with van der Waals surface area (Å²) in [6.45, 7) is 0. The molecule has 0 atom stereocenters. The van der Waals surface area contributed by atoms with E-state index in [-0.39, 0.29) is 16.8 Å². The van der Waals surface area contributed by atoms with Gasteiger partial charge in [-0.2, -0.15) is 5.26 Å². The molecule has 1 rings (SSSR count). The Labute approximate surface area is 85.5 Å². The van der Waals surface area contributed by atoms with Crippen molar-refractivity contribution in [3.8, 4) is 5.40 Å². The first-order valence-corrected chi connectivity index (χ1v) is 4.27. The Morgan fingerprint density at radius 2 is 2.29 bits per heavy atom. The van der Waals surface area contributed by atoms with Crippen molar-refractivity contribution in [1.29, 1.82) is 5.26 Å². The van der Waals surface area contributed by atoms with Gasteiger partial charge in [0.15, 0.2) is 0 Å². The second-order valence-electron chi connectivity index (χ2n) is 2.40. The molecule has 14 heavy (non-hydrogen) atoms. The number of nitrogens with two attached hydrogens (primary N) is 1. The van der Waals surface area contributed by atoms with Gasteiger partial charge in [-0.15, -0.1) is 0 Å². The average Bonchev–Trinajstić information content (AvgIpc) is 2.10. The molecule has 0 aromatic heterocycles. The Morgan fingerprint density at radius 3 is 2.79 bits per heavy atom. The maximum Gasteiger partial charge on any atom is 0.291 e. The van der Waals surface area contributed by atoms with Gasteiger partial charge >= 0.3 is 0 Å². The van der Waals surface area contributed by atoms with Gasteiger partial charge in [-0.05, 0) is 17.8 Å². The maximum absolute atomic E-state index is 10.4. The molecule has 0 fully saturated rings. The standard InChI is InChI=1S/C7H4BN3O2S/c8-4-1-6(11(12)13)5(10)2-7(4)14-3-9/h1-2H,10H2. The molecule has 0 unspecified atom stereocenters. The van der Waals surface area contributed by atoms with Crippen LogP contribution in [0.5, 0.6) is 0 Å². The van der Waals surface area contributed by atoms with Gasteiger partial charge in [0.1, 0.15) is 18.9 Å². The Morgan fingerprint density at radius 1 is 1.64 bits per heavy atom. The third-order valence-electron chi connectivity index (χ3n) is 1.51. The quantitative estimate of drug-likeness (QED) is 0.190. The summed E-state index contributed by atoms with van der Waals surface area (Å²) in [6, 6.07) is 2.47. The van der Waals surface area contributed by atoms with Gasteiger partial charge < -0.3 is 5.73 Å². The Hall–Kier alpha value is -1.68. The van der Waals surface area contributed by atoms with E-state index in [2.05, 4.69) is 0 Å². The van der Waals surface area contributed by atoms with E-state index in [1.807, 2.05) is 5.40 Å². The summed E-state index contributed by atoms with van der Waals surface area (Å²) in [7, 11) is 5.48. The van der Waals surface area contributed by atoms with Crippen LogP contribution in [0.1, 0.15) is 0 Å². The van der Waals surface area contributed by atoms with Crippen molar-refractivity contribution < 1.29 is 4.92 Å². The molecule has 0 spiro atoms. The fraction of sp³-hybridized carbons (Fsp3) is 0. The number of thiocyanates is 1. The summed E-state index contributed by atoms with van der Waals surface area (Å²) in [5.41, 5.74) is 5.34. The molecule has 5 nitrogen and oxygen atoms in total. The molecule has 0 aliphatic rings. The number of hydrogen-bond donors (Lipinski definition) is 1. The Balaban J connectivity index is 3.25. The smallest absolute Gasteiger partial charge is 0.291 e. The number of hydrogen-bond acceptors (Lipinski definition) is 5. The van der Waals surface area contributed by atoms with Crippen LogP contribution in [0.4, 0.5) is 11.4 Å². The third kappa shape index (κ3) is 1.97. The van der Waals surface area contributed by atoms with Crippen LogP contribution >= 0.6 is 11.8 Å². The number of nitrogens with zero attached hydrogens (tertiary/aromatic N) is 2. The van der Waals surface area contributed by atoms with Gasteiger partial charge in [0, 0.05) is 11.0 Å². The number of anilines is 1. The third-order valence-corrected chi connectivity index (χ3v) is 2.18. The first-order chi connectivity index (χ1) is 6.56. The van der Waals surface area contributed by atoms with Gasteiger partial charge in [-0.1, -0.05) is 5.46 Å². The summed E-state index contributed by atoms with van der Waals surface area (Å²) in [6.07, 6.45) is 0. The molecule has 2 N–H and O–H groups in total. The lowest BCUT2D eigenvalue weighted by Gasteiger charge is -2.03. The lowest BCUT2D eigenvalue weighted by atomic mass is 9.95. The molecule has 1 aromatic rings. The van der Waals surface area contributed by atoms with E-state index in [0.717, 1.165) is 17.8 Å². The van der Waals surface area contributed by atoms with Gasteiger partial charge in [0.2, 0.25) is 0 Å². The minimum Gasteiger partial charge on any atom is -0.393 e. The van der Waals surface area contributed by atoms with Crippen molar-refractivity contribution in [2.45, 2.75) is 4.90 Å². The monoisotopic (exact) mass is 205 g/mol. The maximum atomic E-state index is 10.4. The number of rotatable bonds is 2. The van der Waals surface area contributed by atoms with Gasteiger partial charge in [-0.25, -0.2) is 0 Å². The number of nitrogen functional groups attached to an aromatic ring is 1. The first-order valence-electron chi connectivity index (χ1n) is 3.45. The van der Waals surface area contributed by atoms with Crippen LogP contribution in [-0.2, 0) is 0 Å². The zero-order chi connectivity index (χ0) is 10.7. The van der Waals surface area contributed by atoms with Crippen molar-refractivity contribution in [2.75, 3.05) is 5.73 Å². The highest BCUT2D eigenvalue weighted by molar-refractivity contribution is 8.04. The predicted octanol–water partition coefficient (Wildman–Crippen LogP) is 0.544. The average molecular weight is 205 g/mol. The van der Waals surface area contributed by atoms with Gasteiger partial charge in [-0.3, -0.25) is 10.1 Å². The lowest BCUT2D eigenvalue weighted by molar-refractivity contribution is -0.383. The van der Waals surface area contributed by atoms with Crippen molar-refractivity contribution in [3.63, 3.8) is 0 Å². The molecule has 68 valence electrons. The number of thioether (sulfide) groups is 1. The van der Waals surface area contributed by atoms with Crippen LogP contribution < -0.4 is 11.2 Å². The minimum atomic E-state index is -0.619. The van der Waals surface area contributed by atoms with Crippen LogP contribution in [0.25, 0.3) is 0 Å². The number of benzene rings is 1. The van der Waals surface area contributed by atoms with Crippen LogP contribution in [0.3, 0.4) is 0 Å². The van der Waals surface area contributed by atoms with Crippen LogP contribution in [0.2, 0.25) is 0 Å². The summed E-state index contributed by atoms with van der Waals surface area (Å²) >= 11 is 0.814. The molecule has 7 heteroatoms. The predicted molar refractivity (Wildman–Crippen MR) is 54.4 cm³/mol. The summed E-state index contributed by atoms with van der Waals surface area (Å²) in [5.74, 6) is 0. The molecule has 0 bridgehead atoms. The second-order valence-corrected chi connectivity index (χ2v) is 3.23. The molecule has 0 aliphatic heterocycles. The highest BCUT2D eigenvalue weighted by atomic mass is 32.2. The van der Waals surface area contributed by atoms with E-state index in [1.165, 1.54) is 6.07 Å². The van der Waals surface area contributed by atoms with Crippen molar-refractivity contribution in [1.82, 2.24) is 0 Å². The number of nitro groups is 1. The summed E-state index contributed by atoms with van der Waals surface area (Å²) < 4.78 is 0. The zero-order valence-corrected chi connectivity index (χ0v) is 7.75. The molecule has 0 saturated heterocycles. The van der Waals surface area contributed by atoms with Crippen LogP contribution in [0.15, 0.2) is 17.0 Å². The Kier molecular flexibility index (Phi) is 2.99. The van der Waals surface area contributed by atoms with E-state index in [4.69, 9.17) is 18.8 Å². The van der Waals surface area contributed by atoms with Gasteiger partial charge in [0.05, 0.1) is 4.92 Å². The summed E-state index contributed by atoms with van der Waals surface area (Å²) in [5, 5.41) is 20.6. The molecule has 2 radical (unpaired) electrons. The lowest BCUT2D eigenvalue weighted by Crippen LogP contribution is -2.09.